The number of nitrogens with one attached hydrogen (secondary N) is 1. The van der Waals surface area contributed by atoms with Crippen molar-refractivity contribution >= 4 is 29.3 Å². The van der Waals surface area contributed by atoms with Gasteiger partial charge >= 0.3 is 0 Å². The minimum absolute atomic E-state index is 0.294. The molecule has 4 rings (SSSR count). The standard InChI is InChI=1S/C18H21Cl2NO3/c19-14-8-13-7-12(11-22-17(13)16(20)9-14)10-21-15-1-3-18(4-2-15)23-5-6-24-18/h7-9,15,21H,1-6,10-11H2. The molecule has 2 aliphatic heterocycles. The van der Waals surface area contributed by atoms with Crippen LogP contribution in [-0.2, 0) is 9.47 Å². The van der Waals surface area contributed by atoms with Gasteiger partial charge in [0, 0.05) is 36.0 Å². The lowest BCUT2D eigenvalue weighted by Crippen LogP contribution is -2.42. The number of rotatable bonds is 3. The Morgan fingerprint density at radius 2 is 1.88 bits per heavy atom. The molecule has 2 fully saturated rings. The van der Waals surface area contributed by atoms with Crippen molar-refractivity contribution in [3.63, 3.8) is 0 Å². The molecule has 6 heteroatoms. The zero-order valence-electron chi connectivity index (χ0n) is 13.4. The van der Waals surface area contributed by atoms with Gasteiger partial charge in [0.05, 0.1) is 18.2 Å². The van der Waals surface area contributed by atoms with Gasteiger partial charge < -0.3 is 19.5 Å². The van der Waals surface area contributed by atoms with Crippen LogP contribution in [0.3, 0.4) is 0 Å². The van der Waals surface area contributed by atoms with E-state index in [1.54, 1.807) is 6.07 Å². The van der Waals surface area contributed by atoms with E-state index in [2.05, 4.69) is 11.4 Å². The van der Waals surface area contributed by atoms with Crippen LogP contribution in [0.15, 0.2) is 17.7 Å². The number of fused-ring (bicyclic) bond motifs is 1. The molecule has 1 aliphatic carbocycles. The maximum absolute atomic E-state index is 6.18. The van der Waals surface area contributed by atoms with Crippen LogP contribution in [0, 0.1) is 0 Å². The van der Waals surface area contributed by atoms with Gasteiger partial charge in [-0.15, -0.1) is 0 Å². The molecule has 0 atom stereocenters. The van der Waals surface area contributed by atoms with E-state index in [1.807, 2.05) is 6.07 Å². The van der Waals surface area contributed by atoms with Gasteiger partial charge in [-0.25, -0.2) is 0 Å². The second-order valence-corrected chi connectivity index (χ2v) is 7.50. The van der Waals surface area contributed by atoms with E-state index in [9.17, 15) is 0 Å². The minimum Gasteiger partial charge on any atom is -0.487 e. The molecule has 3 aliphatic rings. The molecule has 1 aromatic rings. The number of hydrogen-bond acceptors (Lipinski definition) is 4. The zero-order chi connectivity index (χ0) is 16.6. The van der Waals surface area contributed by atoms with Crippen LogP contribution in [0.1, 0.15) is 31.2 Å². The van der Waals surface area contributed by atoms with Gasteiger partial charge in [-0.1, -0.05) is 23.2 Å². The summed E-state index contributed by atoms with van der Waals surface area (Å²) in [5, 5.41) is 4.82. The highest BCUT2D eigenvalue weighted by Gasteiger charge is 2.40. The Balaban J connectivity index is 1.34. The molecule has 1 saturated carbocycles. The summed E-state index contributed by atoms with van der Waals surface area (Å²) in [4.78, 5) is 0. The van der Waals surface area contributed by atoms with Crippen molar-refractivity contribution in [2.24, 2.45) is 0 Å². The van der Waals surface area contributed by atoms with Crippen molar-refractivity contribution < 1.29 is 14.2 Å². The Hall–Kier alpha value is -0.780. The van der Waals surface area contributed by atoms with Gasteiger partial charge in [-0.2, -0.15) is 0 Å². The zero-order valence-corrected chi connectivity index (χ0v) is 15.0. The lowest BCUT2D eigenvalue weighted by molar-refractivity contribution is -0.179. The van der Waals surface area contributed by atoms with Crippen LogP contribution in [0.25, 0.3) is 6.08 Å². The largest absolute Gasteiger partial charge is 0.487 e. The maximum atomic E-state index is 6.18. The van der Waals surface area contributed by atoms with Crippen LogP contribution in [-0.4, -0.2) is 38.2 Å². The molecule has 1 aromatic carbocycles. The Bertz CT molecular complexity index is 646. The quantitative estimate of drug-likeness (QED) is 0.872. The first-order chi connectivity index (χ1) is 11.6. The number of hydrogen-bond donors (Lipinski definition) is 1. The molecular formula is C18H21Cl2NO3. The highest BCUT2D eigenvalue weighted by molar-refractivity contribution is 6.36. The first-order valence-corrected chi connectivity index (χ1v) is 9.22. The van der Waals surface area contributed by atoms with E-state index in [0.717, 1.165) is 56.8 Å². The van der Waals surface area contributed by atoms with Crippen molar-refractivity contribution in [2.45, 2.75) is 37.5 Å². The molecule has 1 saturated heterocycles. The SMILES string of the molecule is Clc1cc(Cl)c2c(c1)C=C(CNC1CCC3(CC1)OCCO3)CO2. The minimum atomic E-state index is -0.294. The molecular weight excluding hydrogens is 349 g/mol. The third kappa shape index (κ3) is 3.44. The maximum Gasteiger partial charge on any atom is 0.168 e. The van der Waals surface area contributed by atoms with E-state index in [-0.39, 0.29) is 5.79 Å². The second-order valence-electron chi connectivity index (χ2n) is 6.66. The third-order valence-corrected chi connectivity index (χ3v) is 5.48. The summed E-state index contributed by atoms with van der Waals surface area (Å²) < 4.78 is 17.4. The van der Waals surface area contributed by atoms with E-state index >= 15 is 0 Å². The smallest absolute Gasteiger partial charge is 0.168 e. The highest BCUT2D eigenvalue weighted by Crippen LogP contribution is 2.37. The molecule has 0 bridgehead atoms. The first kappa shape index (κ1) is 16.7. The average molecular weight is 370 g/mol. The number of halogens is 2. The van der Waals surface area contributed by atoms with Gasteiger partial charge in [0.2, 0.25) is 0 Å². The van der Waals surface area contributed by atoms with Crippen molar-refractivity contribution in [3.8, 4) is 5.75 Å². The molecule has 4 nitrogen and oxygen atoms in total. The third-order valence-electron chi connectivity index (χ3n) is 4.98. The summed E-state index contributed by atoms with van der Waals surface area (Å²) >= 11 is 12.3. The monoisotopic (exact) mass is 369 g/mol. The van der Waals surface area contributed by atoms with Crippen LogP contribution in [0.5, 0.6) is 5.75 Å². The summed E-state index contributed by atoms with van der Waals surface area (Å²) in [6.07, 6.45) is 6.20. The van der Waals surface area contributed by atoms with Crippen molar-refractivity contribution in [3.05, 3.63) is 33.3 Å². The van der Waals surface area contributed by atoms with Crippen LogP contribution in [0.2, 0.25) is 10.0 Å². The predicted molar refractivity (Wildman–Crippen MR) is 94.8 cm³/mol. The fourth-order valence-corrected chi connectivity index (χ4v) is 4.25. The van der Waals surface area contributed by atoms with Gasteiger partial charge in [-0.3, -0.25) is 0 Å². The average Bonchev–Trinajstić information content (AvgIpc) is 3.02. The highest BCUT2D eigenvalue weighted by atomic mass is 35.5. The lowest BCUT2D eigenvalue weighted by atomic mass is 9.90. The van der Waals surface area contributed by atoms with Gasteiger partial charge in [0.15, 0.2) is 5.79 Å². The van der Waals surface area contributed by atoms with E-state index < -0.39 is 0 Å². The fourth-order valence-electron chi connectivity index (χ4n) is 3.69. The Labute approximate surface area is 152 Å². The first-order valence-electron chi connectivity index (χ1n) is 8.46. The van der Waals surface area contributed by atoms with Gasteiger partial charge in [0.1, 0.15) is 12.4 Å². The molecule has 2 heterocycles. The fraction of sp³-hybridized carbons (Fsp3) is 0.556. The molecule has 0 radical (unpaired) electrons. The normalized spacial score (nSPS) is 23.0. The predicted octanol–water partition coefficient (Wildman–Crippen LogP) is 4.04. The van der Waals surface area contributed by atoms with E-state index in [0.29, 0.717) is 22.7 Å². The van der Waals surface area contributed by atoms with Crippen molar-refractivity contribution in [2.75, 3.05) is 26.4 Å². The molecule has 1 spiro atoms. The summed E-state index contributed by atoms with van der Waals surface area (Å²) in [6, 6.07) is 4.10. The molecule has 0 unspecified atom stereocenters. The van der Waals surface area contributed by atoms with Crippen molar-refractivity contribution in [1.82, 2.24) is 5.32 Å². The molecule has 130 valence electrons. The van der Waals surface area contributed by atoms with Crippen molar-refractivity contribution in [1.29, 1.82) is 0 Å². The Morgan fingerprint density at radius 3 is 2.62 bits per heavy atom. The van der Waals surface area contributed by atoms with Gasteiger partial charge in [0.25, 0.3) is 0 Å². The van der Waals surface area contributed by atoms with Gasteiger partial charge in [-0.05, 0) is 36.6 Å². The summed E-state index contributed by atoms with van der Waals surface area (Å²) in [5.41, 5.74) is 2.15. The van der Waals surface area contributed by atoms with Crippen LogP contribution >= 0.6 is 23.2 Å². The van der Waals surface area contributed by atoms with E-state index in [4.69, 9.17) is 37.4 Å². The summed E-state index contributed by atoms with van der Waals surface area (Å²) in [7, 11) is 0. The molecule has 0 aromatic heterocycles. The number of benzene rings is 1. The summed E-state index contributed by atoms with van der Waals surface area (Å²) in [5.74, 6) is 0.428. The molecule has 24 heavy (non-hydrogen) atoms. The lowest BCUT2D eigenvalue weighted by Gasteiger charge is -2.36. The van der Waals surface area contributed by atoms with Crippen LogP contribution in [0.4, 0.5) is 0 Å². The molecule has 1 N–H and O–H groups in total. The Morgan fingerprint density at radius 1 is 1.12 bits per heavy atom. The summed E-state index contributed by atoms with van der Waals surface area (Å²) in [6.45, 7) is 2.83. The Kier molecular flexibility index (Phi) is 4.76. The number of ether oxygens (including phenoxy) is 3. The van der Waals surface area contributed by atoms with Crippen LogP contribution < -0.4 is 10.1 Å². The second kappa shape index (κ2) is 6.85. The topological polar surface area (TPSA) is 39.7 Å². The van der Waals surface area contributed by atoms with E-state index in [1.165, 1.54) is 5.57 Å². The molecule has 0 amide bonds.